The number of nitrogens with one attached hydrogen (secondary N) is 2. The standard InChI is InChI=1S/C36H48N4O7S/c1-26(2)23-39(48(44,45)29-16-17-32-33(19-29)47-25-46-32)24-31(41)30(18-27-12-8-6-9-13-27)40(35(43)20-36(3,4)5)38-34(42)22-37-21-28-14-10-7-11-15-28/h6-17,19,26,30-31,37,41H,18,20-25H2,1-5H3,(H,38,42)/t30-,31+/m0/s1. The van der Waals surface area contributed by atoms with Gasteiger partial charge in [-0.1, -0.05) is 95.3 Å². The summed E-state index contributed by atoms with van der Waals surface area (Å²) in [4.78, 5) is 27.3. The number of benzene rings is 3. The summed E-state index contributed by atoms with van der Waals surface area (Å²) in [5, 5.41) is 16.3. The molecule has 0 radical (unpaired) electrons. The van der Waals surface area contributed by atoms with Gasteiger partial charge in [0.25, 0.3) is 5.91 Å². The zero-order chi connectivity index (χ0) is 34.9. The Labute approximate surface area is 284 Å². The molecule has 0 saturated carbocycles. The summed E-state index contributed by atoms with van der Waals surface area (Å²) in [6.07, 6.45) is -1.14. The van der Waals surface area contributed by atoms with Crippen LogP contribution in [0.25, 0.3) is 0 Å². The molecule has 2 amide bonds. The summed E-state index contributed by atoms with van der Waals surface area (Å²) in [5.41, 5.74) is 4.14. The molecule has 0 bridgehead atoms. The molecule has 0 aromatic heterocycles. The molecule has 260 valence electrons. The van der Waals surface area contributed by atoms with Crippen molar-refractivity contribution in [1.29, 1.82) is 0 Å². The summed E-state index contributed by atoms with van der Waals surface area (Å²) in [6.45, 7) is 9.66. The zero-order valence-corrected chi connectivity index (χ0v) is 29.2. The molecule has 3 aromatic rings. The van der Waals surface area contributed by atoms with Crippen molar-refractivity contribution in [1.82, 2.24) is 20.1 Å². The van der Waals surface area contributed by atoms with E-state index in [1.165, 1.54) is 21.4 Å². The molecule has 12 heteroatoms. The molecule has 48 heavy (non-hydrogen) atoms. The third-order valence-electron chi connectivity index (χ3n) is 7.66. The fourth-order valence-corrected chi connectivity index (χ4v) is 7.05. The minimum absolute atomic E-state index is 0.000345. The number of sulfonamides is 1. The van der Waals surface area contributed by atoms with Crippen LogP contribution in [0.15, 0.2) is 83.8 Å². The van der Waals surface area contributed by atoms with Crippen molar-refractivity contribution in [2.45, 2.75) is 71.0 Å². The van der Waals surface area contributed by atoms with Gasteiger partial charge in [-0.05, 0) is 41.0 Å². The fourth-order valence-electron chi connectivity index (χ4n) is 5.41. The van der Waals surface area contributed by atoms with Crippen LogP contribution in [0.3, 0.4) is 0 Å². The average molecular weight is 681 g/mol. The molecule has 0 aliphatic carbocycles. The first-order chi connectivity index (χ1) is 22.7. The molecule has 1 aliphatic heterocycles. The number of carbonyl (C=O) groups is 2. The summed E-state index contributed by atoms with van der Waals surface area (Å²) in [6, 6.07) is 22.3. The minimum Gasteiger partial charge on any atom is -0.454 e. The van der Waals surface area contributed by atoms with Gasteiger partial charge in [0, 0.05) is 32.1 Å². The molecule has 2 atom stereocenters. The molecule has 1 heterocycles. The van der Waals surface area contributed by atoms with Crippen LogP contribution >= 0.6 is 0 Å². The number of amides is 2. The van der Waals surface area contributed by atoms with Crippen molar-refractivity contribution in [2.24, 2.45) is 11.3 Å². The van der Waals surface area contributed by atoms with E-state index >= 15 is 0 Å². The molecule has 0 saturated heterocycles. The lowest BCUT2D eigenvalue weighted by Crippen LogP contribution is -2.60. The van der Waals surface area contributed by atoms with Crippen molar-refractivity contribution in [2.75, 3.05) is 26.4 Å². The highest BCUT2D eigenvalue weighted by molar-refractivity contribution is 7.89. The Morgan fingerprint density at radius 2 is 1.52 bits per heavy atom. The number of hydrazine groups is 1. The van der Waals surface area contributed by atoms with Crippen molar-refractivity contribution in [3.05, 3.63) is 90.0 Å². The molecule has 0 unspecified atom stereocenters. The highest BCUT2D eigenvalue weighted by atomic mass is 32.2. The Bertz CT molecular complexity index is 1610. The lowest BCUT2D eigenvalue weighted by Gasteiger charge is -2.38. The van der Waals surface area contributed by atoms with Crippen molar-refractivity contribution < 1.29 is 32.6 Å². The van der Waals surface area contributed by atoms with Crippen molar-refractivity contribution >= 4 is 21.8 Å². The number of hydrogen-bond acceptors (Lipinski definition) is 8. The predicted octanol–water partition coefficient (Wildman–Crippen LogP) is 4.12. The average Bonchev–Trinajstić information content (AvgIpc) is 3.50. The minimum atomic E-state index is -4.12. The van der Waals surface area contributed by atoms with E-state index in [0.717, 1.165) is 11.1 Å². The highest BCUT2D eigenvalue weighted by Gasteiger charge is 2.37. The highest BCUT2D eigenvalue weighted by Crippen LogP contribution is 2.35. The van der Waals surface area contributed by atoms with E-state index in [-0.39, 0.29) is 50.1 Å². The van der Waals surface area contributed by atoms with Crippen LogP contribution in [0.5, 0.6) is 11.5 Å². The zero-order valence-electron chi connectivity index (χ0n) is 28.4. The van der Waals surface area contributed by atoms with E-state index in [0.29, 0.717) is 18.0 Å². The molecule has 0 fully saturated rings. The maximum atomic E-state index is 14.0. The van der Waals surface area contributed by atoms with Crippen LogP contribution in [0.1, 0.15) is 52.2 Å². The van der Waals surface area contributed by atoms with Gasteiger partial charge >= 0.3 is 0 Å². The lowest BCUT2D eigenvalue weighted by molar-refractivity contribution is -0.149. The van der Waals surface area contributed by atoms with Gasteiger partial charge in [0.15, 0.2) is 11.5 Å². The second-order valence-electron chi connectivity index (χ2n) is 13.7. The van der Waals surface area contributed by atoms with Gasteiger partial charge in [-0.2, -0.15) is 4.31 Å². The summed E-state index contributed by atoms with van der Waals surface area (Å²) in [5.74, 6) is -0.166. The first kappa shape index (κ1) is 36.9. The topological polar surface area (TPSA) is 138 Å². The number of hydrogen-bond donors (Lipinski definition) is 3. The lowest BCUT2D eigenvalue weighted by atomic mass is 9.91. The van der Waals surface area contributed by atoms with Crippen LogP contribution in [-0.2, 0) is 32.6 Å². The first-order valence-electron chi connectivity index (χ1n) is 16.2. The first-order valence-corrected chi connectivity index (χ1v) is 17.6. The monoisotopic (exact) mass is 680 g/mol. The largest absolute Gasteiger partial charge is 0.454 e. The maximum Gasteiger partial charge on any atom is 0.252 e. The van der Waals surface area contributed by atoms with Gasteiger partial charge in [-0.25, -0.2) is 13.4 Å². The number of carbonyl (C=O) groups excluding carboxylic acids is 2. The number of nitrogens with zero attached hydrogens (tertiary/aromatic N) is 2. The van der Waals surface area contributed by atoms with E-state index in [9.17, 15) is 23.1 Å². The molecule has 11 nitrogen and oxygen atoms in total. The van der Waals surface area contributed by atoms with Gasteiger partial charge < -0.3 is 19.9 Å². The van der Waals surface area contributed by atoms with Crippen LogP contribution in [0, 0.1) is 11.3 Å². The van der Waals surface area contributed by atoms with Crippen LogP contribution in [0.2, 0.25) is 0 Å². The van der Waals surface area contributed by atoms with Gasteiger partial charge in [-0.3, -0.25) is 15.0 Å². The van der Waals surface area contributed by atoms with Gasteiger partial charge in [0.2, 0.25) is 22.7 Å². The Balaban J connectivity index is 1.64. The second kappa shape index (κ2) is 16.4. The van der Waals surface area contributed by atoms with Crippen LogP contribution < -0.4 is 20.2 Å². The van der Waals surface area contributed by atoms with Crippen molar-refractivity contribution in [3.8, 4) is 11.5 Å². The quantitative estimate of drug-likeness (QED) is 0.204. The van der Waals surface area contributed by atoms with E-state index in [4.69, 9.17) is 9.47 Å². The van der Waals surface area contributed by atoms with E-state index < -0.39 is 39.4 Å². The van der Waals surface area contributed by atoms with E-state index in [1.54, 1.807) is 6.07 Å². The predicted molar refractivity (Wildman–Crippen MR) is 183 cm³/mol. The molecule has 3 aromatic carbocycles. The Kier molecular flexibility index (Phi) is 12.6. The molecule has 3 N–H and O–H groups in total. The van der Waals surface area contributed by atoms with Crippen LogP contribution in [-0.4, -0.2) is 73.2 Å². The maximum absolute atomic E-state index is 14.0. The number of aliphatic hydroxyl groups is 1. The second-order valence-corrected chi connectivity index (χ2v) is 15.6. The van der Waals surface area contributed by atoms with E-state index in [1.807, 2.05) is 95.3 Å². The molecular weight excluding hydrogens is 632 g/mol. The number of ether oxygens (including phenoxy) is 2. The Hall–Kier alpha value is -3.97. The fraction of sp³-hybridized carbons (Fsp3) is 0.444. The summed E-state index contributed by atoms with van der Waals surface area (Å²) in [7, 11) is -4.12. The van der Waals surface area contributed by atoms with Gasteiger partial charge in [0.05, 0.1) is 23.6 Å². The SMILES string of the molecule is CC(C)CN(C[C@@H](O)[C@H](Cc1ccccc1)N(NC(=O)CNCc1ccccc1)C(=O)CC(C)(C)C)S(=O)(=O)c1ccc2c(c1)OCO2. The van der Waals surface area contributed by atoms with Crippen LogP contribution in [0.4, 0.5) is 0 Å². The summed E-state index contributed by atoms with van der Waals surface area (Å²) < 4.78 is 40.1. The van der Waals surface area contributed by atoms with Gasteiger partial charge in [0.1, 0.15) is 0 Å². The van der Waals surface area contributed by atoms with Gasteiger partial charge in [-0.15, -0.1) is 0 Å². The molecule has 1 aliphatic rings. The molecule has 4 rings (SSSR count). The number of fused-ring (bicyclic) bond motifs is 1. The number of rotatable bonds is 15. The molecule has 0 spiro atoms. The Morgan fingerprint density at radius 3 is 2.15 bits per heavy atom. The van der Waals surface area contributed by atoms with Crippen molar-refractivity contribution in [3.63, 3.8) is 0 Å². The number of aliphatic hydroxyl groups excluding tert-OH is 1. The Morgan fingerprint density at radius 1 is 0.896 bits per heavy atom. The third kappa shape index (κ3) is 10.5. The normalized spacial score (nSPS) is 14.2. The summed E-state index contributed by atoms with van der Waals surface area (Å²) >= 11 is 0. The van der Waals surface area contributed by atoms with E-state index in [2.05, 4.69) is 10.7 Å². The molecular formula is C36H48N4O7S. The smallest absolute Gasteiger partial charge is 0.252 e. The third-order valence-corrected chi connectivity index (χ3v) is 9.49.